The highest BCUT2D eigenvalue weighted by Crippen LogP contribution is 2.60. The number of methoxy groups -OCH3 is 1. The molecule has 2 aromatic carbocycles. The second-order valence-corrected chi connectivity index (χ2v) is 9.96. The topological polar surface area (TPSA) is 45.2 Å². The van der Waals surface area contributed by atoms with E-state index in [-0.39, 0.29) is 11.3 Å². The van der Waals surface area contributed by atoms with E-state index in [1.54, 1.807) is 7.11 Å². The van der Waals surface area contributed by atoms with Gasteiger partial charge < -0.3 is 19.3 Å². The fraction of sp³-hybridized carbons (Fsp3) is 0.536. The number of ether oxygens (including phenoxy) is 2. The molecule has 2 saturated heterocycles. The first-order valence-corrected chi connectivity index (χ1v) is 12.7. The first-order chi connectivity index (χ1) is 16.6. The Labute approximate surface area is 203 Å². The summed E-state index contributed by atoms with van der Waals surface area (Å²) in [6.45, 7) is 9.18. The van der Waals surface area contributed by atoms with Gasteiger partial charge in [0, 0.05) is 44.3 Å². The Hall–Kier alpha value is -2.73. The number of hydrogen-bond acceptors (Lipinski definition) is 5. The lowest BCUT2D eigenvalue weighted by atomic mass is 9.90. The molecule has 0 aromatic heterocycles. The van der Waals surface area contributed by atoms with Crippen molar-refractivity contribution in [3.63, 3.8) is 0 Å². The minimum absolute atomic E-state index is 0.239. The summed E-state index contributed by atoms with van der Waals surface area (Å²) in [5, 5.41) is 0. The molecule has 5 rings (SSSR count). The van der Waals surface area contributed by atoms with Crippen molar-refractivity contribution in [1.82, 2.24) is 9.80 Å². The molecule has 0 radical (unpaired) electrons. The monoisotopic (exact) mass is 463 g/mol. The average molecular weight is 464 g/mol. The molecule has 2 heterocycles. The molecule has 1 aliphatic carbocycles. The standard InChI is InChI=1S/C28H37N3O3/c1-3-34-26-19-22(9-10-25(26)33-2)21-29-13-11-28(12-14-29)20-24(28)27(32)31-17-15-30(16-18-31)23-7-5-4-6-8-23/h4-10,19,24H,3,11-18,20-21H2,1-2H3/t24-/m0/s1. The van der Waals surface area contributed by atoms with E-state index < -0.39 is 0 Å². The Bertz CT molecular complexity index is 980. The number of hydrogen-bond donors (Lipinski definition) is 0. The summed E-state index contributed by atoms with van der Waals surface area (Å²) in [6, 6.07) is 16.8. The normalized spacial score (nSPS) is 22.0. The van der Waals surface area contributed by atoms with Crippen molar-refractivity contribution in [2.75, 3.05) is 57.9 Å². The molecule has 182 valence electrons. The van der Waals surface area contributed by atoms with Crippen LogP contribution in [0.5, 0.6) is 11.5 Å². The Morgan fingerprint density at radius 2 is 1.71 bits per heavy atom. The maximum Gasteiger partial charge on any atom is 0.226 e. The first-order valence-electron chi connectivity index (χ1n) is 12.7. The zero-order valence-electron chi connectivity index (χ0n) is 20.5. The molecule has 0 N–H and O–H groups in total. The van der Waals surface area contributed by atoms with Crippen molar-refractivity contribution < 1.29 is 14.3 Å². The lowest BCUT2D eigenvalue weighted by molar-refractivity contribution is -0.134. The third-order valence-corrected chi connectivity index (χ3v) is 7.99. The summed E-state index contributed by atoms with van der Waals surface area (Å²) in [6.07, 6.45) is 3.33. The average Bonchev–Trinajstić information content (AvgIpc) is 3.59. The van der Waals surface area contributed by atoms with Crippen LogP contribution in [0.3, 0.4) is 0 Å². The lowest BCUT2D eigenvalue weighted by Gasteiger charge is -2.37. The lowest BCUT2D eigenvalue weighted by Crippen LogP contribution is -2.50. The van der Waals surface area contributed by atoms with Crippen molar-refractivity contribution in [2.45, 2.75) is 32.7 Å². The van der Waals surface area contributed by atoms with Crippen LogP contribution in [0.15, 0.2) is 48.5 Å². The van der Waals surface area contributed by atoms with Crippen molar-refractivity contribution in [3.8, 4) is 11.5 Å². The molecule has 0 unspecified atom stereocenters. The van der Waals surface area contributed by atoms with Crippen LogP contribution in [0.25, 0.3) is 0 Å². The molecule has 1 amide bonds. The minimum Gasteiger partial charge on any atom is -0.493 e. The maximum absolute atomic E-state index is 13.3. The van der Waals surface area contributed by atoms with Crippen LogP contribution in [0, 0.1) is 11.3 Å². The second-order valence-electron chi connectivity index (χ2n) is 9.96. The van der Waals surface area contributed by atoms with Gasteiger partial charge >= 0.3 is 0 Å². The number of amides is 1. The molecule has 2 aromatic rings. The van der Waals surface area contributed by atoms with Gasteiger partial charge in [-0.25, -0.2) is 0 Å². The number of para-hydroxylation sites is 1. The Kier molecular flexibility index (Phi) is 6.68. The van der Waals surface area contributed by atoms with Gasteiger partial charge in [0.2, 0.25) is 5.91 Å². The molecule has 2 aliphatic heterocycles. The van der Waals surface area contributed by atoms with Gasteiger partial charge in [-0.2, -0.15) is 0 Å². The Balaban J connectivity index is 1.11. The number of anilines is 1. The van der Waals surface area contributed by atoms with E-state index in [0.29, 0.717) is 12.5 Å². The minimum atomic E-state index is 0.239. The van der Waals surface area contributed by atoms with Gasteiger partial charge in [-0.05, 0) is 74.5 Å². The second kappa shape index (κ2) is 9.87. The van der Waals surface area contributed by atoms with Crippen LogP contribution in [0.4, 0.5) is 5.69 Å². The summed E-state index contributed by atoms with van der Waals surface area (Å²) >= 11 is 0. The largest absolute Gasteiger partial charge is 0.493 e. The number of carbonyl (C=O) groups excluding carboxylic acids is 1. The predicted molar refractivity (Wildman–Crippen MR) is 134 cm³/mol. The first kappa shape index (κ1) is 23.0. The number of nitrogens with zero attached hydrogens (tertiary/aromatic N) is 3. The maximum atomic E-state index is 13.3. The van der Waals surface area contributed by atoms with Crippen LogP contribution in [0.2, 0.25) is 0 Å². The summed E-state index contributed by atoms with van der Waals surface area (Å²) in [4.78, 5) is 20.3. The van der Waals surface area contributed by atoms with E-state index in [1.165, 1.54) is 11.3 Å². The molecule has 1 saturated carbocycles. The zero-order valence-corrected chi connectivity index (χ0v) is 20.5. The highest BCUT2D eigenvalue weighted by Gasteiger charge is 2.59. The van der Waals surface area contributed by atoms with Crippen LogP contribution in [-0.2, 0) is 11.3 Å². The van der Waals surface area contributed by atoms with Crippen molar-refractivity contribution in [2.24, 2.45) is 11.3 Å². The molecular formula is C28H37N3O3. The predicted octanol–water partition coefficient (Wildman–Crippen LogP) is 4.04. The van der Waals surface area contributed by atoms with E-state index in [2.05, 4.69) is 57.2 Å². The molecule has 6 nitrogen and oxygen atoms in total. The summed E-state index contributed by atoms with van der Waals surface area (Å²) in [7, 11) is 1.68. The molecule has 3 fully saturated rings. The fourth-order valence-corrected chi connectivity index (χ4v) is 5.80. The SMILES string of the molecule is CCOc1cc(CN2CCC3(CC2)C[C@H]3C(=O)N2CCN(c3ccccc3)CC2)ccc1OC. The Morgan fingerprint density at radius 1 is 0.971 bits per heavy atom. The van der Waals surface area contributed by atoms with Crippen LogP contribution in [0.1, 0.15) is 31.7 Å². The molecule has 0 bridgehead atoms. The highest BCUT2D eigenvalue weighted by atomic mass is 16.5. The zero-order chi connectivity index (χ0) is 23.5. The van der Waals surface area contributed by atoms with E-state index in [4.69, 9.17) is 9.47 Å². The smallest absolute Gasteiger partial charge is 0.226 e. The molecule has 1 spiro atoms. The molecular weight excluding hydrogens is 426 g/mol. The number of carbonyl (C=O) groups is 1. The van der Waals surface area contributed by atoms with Crippen LogP contribution >= 0.6 is 0 Å². The molecule has 34 heavy (non-hydrogen) atoms. The summed E-state index contributed by atoms with van der Waals surface area (Å²) in [5.74, 6) is 2.24. The number of likely N-dealkylation sites (tertiary alicyclic amines) is 1. The third-order valence-electron chi connectivity index (χ3n) is 7.99. The van der Waals surface area contributed by atoms with Crippen LogP contribution in [-0.4, -0.2) is 68.7 Å². The van der Waals surface area contributed by atoms with Crippen LogP contribution < -0.4 is 14.4 Å². The van der Waals surface area contributed by atoms with Gasteiger partial charge in [0.25, 0.3) is 0 Å². The summed E-state index contributed by atoms with van der Waals surface area (Å²) in [5.41, 5.74) is 2.76. The van der Waals surface area contributed by atoms with Gasteiger partial charge in [-0.3, -0.25) is 9.69 Å². The van der Waals surface area contributed by atoms with Gasteiger partial charge in [0.05, 0.1) is 13.7 Å². The van der Waals surface area contributed by atoms with E-state index in [0.717, 1.165) is 76.6 Å². The molecule has 1 atom stereocenters. The number of piperidine rings is 1. The van der Waals surface area contributed by atoms with Gasteiger partial charge in [0.15, 0.2) is 11.5 Å². The van der Waals surface area contributed by atoms with Crippen molar-refractivity contribution in [1.29, 1.82) is 0 Å². The Morgan fingerprint density at radius 3 is 2.38 bits per heavy atom. The number of piperazine rings is 1. The van der Waals surface area contributed by atoms with Crippen molar-refractivity contribution in [3.05, 3.63) is 54.1 Å². The van der Waals surface area contributed by atoms with Crippen molar-refractivity contribution >= 4 is 11.6 Å². The van der Waals surface area contributed by atoms with E-state index >= 15 is 0 Å². The number of benzene rings is 2. The van der Waals surface area contributed by atoms with E-state index in [9.17, 15) is 4.79 Å². The molecule has 3 aliphatic rings. The van der Waals surface area contributed by atoms with E-state index in [1.807, 2.05) is 13.0 Å². The highest BCUT2D eigenvalue weighted by molar-refractivity contribution is 5.83. The number of rotatable bonds is 7. The van der Waals surface area contributed by atoms with Gasteiger partial charge in [0.1, 0.15) is 0 Å². The fourth-order valence-electron chi connectivity index (χ4n) is 5.80. The summed E-state index contributed by atoms with van der Waals surface area (Å²) < 4.78 is 11.2. The third kappa shape index (κ3) is 4.74. The van der Waals surface area contributed by atoms with Gasteiger partial charge in [-0.15, -0.1) is 0 Å². The molecule has 6 heteroatoms. The quantitative estimate of drug-likeness (QED) is 0.620. The van der Waals surface area contributed by atoms with Gasteiger partial charge in [-0.1, -0.05) is 24.3 Å².